The second-order valence-electron chi connectivity index (χ2n) is 5.64. The summed E-state index contributed by atoms with van der Waals surface area (Å²) in [4.78, 5) is 13.1. The Morgan fingerprint density at radius 1 is 1.35 bits per heavy atom. The molecule has 0 aromatic heterocycles. The third-order valence-electron chi connectivity index (χ3n) is 4.32. The number of hydrogen-bond donors (Lipinski definition) is 1. The van der Waals surface area contributed by atoms with E-state index in [4.69, 9.17) is 5.11 Å². The zero-order chi connectivity index (χ0) is 14.5. The van der Waals surface area contributed by atoms with Gasteiger partial charge in [0, 0.05) is 16.0 Å². The Balaban J connectivity index is 1.83. The molecule has 1 aliphatic rings. The van der Waals surface area contributed by atoms with E-state index in [9.17, 15) is 4.79 Å². The first-order chi connectivity index (χ1) is 9.56. The maximum atomic E-state index is 10.6. The number of halogens is 1. The van der Waals surface area contributed by atoms with Crippen LogP contribution >= 0.6 is 22.6 Å². The van der Waals surface area contributed by atoms with E-state index in [1.807, 2.05) is 0 Å². The molecule has 0 bridgehead atoms. The number of carbonyl (C=O) groups is 1. The zero-order valence-corrected chi connectivity index (χ0v) is 14.0. The molecule has 1 unspecified atom stereocenters. The summed E-state index contributed by atoms with van der Waals surface area (Å²) in [5.41, 5.74) is 1.37. The number of benzene rings is 1. The molecular weight excluding hydrogens is 365 g/mol. The van der Waals surface area contributed by atoms with Crippen molar-refractivity contribution >= 4 is 28.6 Å². The Bertz CT molecular complexity index is 438. The smallest absolute Gasteiger partial charge is 0.303 e. The van der Waals surface area contributed by atoms with E-state index in [0.717, 1.165) is 32.4 Å². The zero-order valence-electron chi connectivity index (χ0n) is 11.9. The van der Waals surface area contributed by atoms with Gasteiger partial charge in [0.2, 0.25) is 0 Å². The van der Waals surface area contributed by atoms with Crippen LogP contribution in [-0.4, -0.2) is 29.1 Å². The van der Waals surface area contributed by atoms with Gasteiger partial charge >= 0.3 is 5.97 Å². The second kappa shape index (κ2) is 7.41. The van der Waals surface area contributed by atoms with Crippen LogP contribution in [0.4, 0.5) is 0 Å². The van der Waals surface area contributed by atoms with Crippen LogP contribution in [0.5, 0.6) is 0 Å². The maximum absolute atomic E-state index is 10.6. The monoisotopic (exact) mass is 387 g/mol. The highest BCUT2D eigenvalue weighted by molar-refractivity contribution is 14.1. The summed E-state index contributed by atoms with van der Waals surface area (Å²) in [6.45, 7) is 4.43. The van der Waals surface area contributed by atoms with Gasteiger partial charge in [0.1, 0.15) is 0 Å². The van der Waals surface area contributed by atoms with E-state index in [2.05, 4.69) is 58.7 Å². The molecule has 0 aliphatic carbocycles. The molecule has 0 spiro atoms. The van der Waals surface area contributed by atoms with Gasteiger partial charge in [-0.2, -0.15) is 0 Å². The van der Waals surface area contributed by atoms with Crippen molar-refractivity contribution in [3.05, 3.63) is 33.4 Å². The predicted octanol–water partition coefficient (Wildman–Crippen LogP) is 3.93. The summed E-state index contributed by atoms with van der Waals surface area (Å²) < 4.78 is 1.27. The highest BCUT2D eigenvalue weighted by Gasteiger charge is 2.23. The molecule has 110 valence electrons. The molecule has 1 N–H and O–H groups in total. The second-order valence-corrected chi connectivity index (χ2v) is 6.88. The molecule has 1 atom stereocenters. The molecule has 20 heavy (non-hydrogen) atoms. The molecule has 0 saturated carbocycles. The lowest BCUT2D eigenvalue weighted by Gasteiger charge is -2.36. The molecule has 1 heterocycles. The normalized spacial score (nSPS) is 18.9. The number of carboxylic acids is 1. The average Bonchev–Trinajstić information content (AvgIpc) is 2.46. The van der Waals surface area contributed by atoms with E-state index >= 15 is 0 Å². The molecular formula is C16H22INO2. The quantitative estimate of drug-likeness (QED) is 0.779. The Kier molecular flexibility index (Phi) is 5.84. The fraction of sp³-hybridized carbons (Fsp3) is 0.562. The summed E-state index contributed by atoms with van der Waals surface area (Å²) in [5, 5.41) is 8.74. The molecule has 1 aliphatic heterocycles. The fourth-order valence-electron chi connectivity index (χ4n) is 2.91. The standard InChI is InChI=1S/C16H22INO2/c1-12(14-3-5-15(17)6-4-14)18-10-8-13(9-11-18)2-7-16(19)20/h3-6,12-13H,2,7-11H2,1H3,(H,19,20). The first-order valence-corrected chi connectivity index (χ1v) is 8.35. The molecule has 3 nitrogen and oxygen atoms in total. The van der Waals surface area contributed by atoms with Gasteiger partial charge in [-0.15, -0.1) is 0 Å². The molecule has 4 heteroatoms. The minimum Gasteiger partial charge on any atom is -0.481 e. The summed E-state index contributed by atoms with van der Waals surface area (Å²) in [5.74, 6) is -0.0778. The van der Waals surface area contributed by atoms with Crippen molar-refractivity contribution in [2.45, 2.75) is 38.6 Å². The topological polar surface area (TPSA) is 40.5 Å². The third-order valence-corrected chi connectivity index (χ3v) is 5.03. The summed E-state index contributed by atoms with van der Waals surface area (Å²) in [7, 11) is 0. The minimum absolute atomic E-state index is 0.317. The van der Waals surface area contributed by atoms with Crippen molar-refractivity contribution in [1.82, 2.24) is 4.90 Å². The lowest BCUT2D eigenvalue weighted by molar-refractivity contribution is -0.137. The molecule has 1 aromatic rings. The SMILES string of the molecule is CC(c1ccc(I)cc1)N1CCC(CCC(=O)O)CC1. The van der Waals surface area contributed by atoms with Crippen molar-refractivity contribution < 1.29 is 9.90 Å². The fourth-order valence-corrected chi connectivity index (χ4v) is 3.27. The summed E-state index contributed by atoms with van der Waals surface area (Å²) in [6, 6.07) is 9.19. The first kappa shape index (κ1) is 15.8. The van der Waals surface area contributed by atoms with Gasteiger partial charge in [0.25, 0.3) is 0 Å². The van der Waals surface area contributed by atoms with Gasteiger partial charge in [0.05, 0.1) is 0 Å². The third kappa shape index (κ3) is 4.45. The Hall–Kier alpha value is -0.620. The van der Waals surface area contributed by atoms with Crippen LogP contribution in [0.3, 0.4) is 0 Å². The van der Waals surface area contributed by atoms with Crippen molar-refractivity contribution in [2.75, 3.05) is 13.1 Å². The molecule has 0 radical (unpaired) electrons. The Morgan fingerprint density at radius 3 is 2.50 bits per heavy atom. The van der Waals surface area contributed by atoms with Crippen LogP contribution in [0.1, 0.15) is 44.2 Å². The summed E-state index contributed by atoms with van der Waals surface area (Å²) in [6.07, 6.45) is 3.41. The number of aliphatic carboxylic acids is 1. The van der Waals surface area contributed by atoms with Crippen LogP contribution < -0.4 is 0 Å². The van der Waals surface area contributed by atoms with Crippen molar-refractivity contribution in [2.24, 2.45) is 5.92 Å². The van der Waals surface area contributed by atoms with E-state index in [1.54, 1.807) is 0 Å². The lowest BCUT2D eigenvalue weighted by Crippen LogP contribution is -2.35. The predicted molar refractivity (Wildman–Crippen MR) is 88.7 cm³/mol. The molecule has 0 amide bonds. The molecule has 1 aromatic carbocycles. The average molecular weight is 387 g/mol. The number of likely N-dealkylation sites (tertiary alicyclic amines) is 1. The van der Waals surface area contributed by atoms with Crippen LogP contribution in [0.2, 0.25) is 0 Å². The van der Waals surface area contributed by atoms with Crippen molar-refractivity contribution in [3.8, 4) is 0 Å². The number of rotatable bonds is 5. The lowest BCUT2D eigenvalue weighted by atomic mass is 9.91. The number of nitrogens with zero attached hydrogens (tertiary/aromatic N) is 1. The van der Waals surface area contributed by atoms with Crippen molar-refractivity contribution in [3.63, 3.8) is 0 Å². The Morgan fingerprint density at radius 2 is 1.95 bits per heavy atom. The van der Waals surface area contributed by atoms with Gasteiger partial charge < -0.3 is 5.11 Å². The minimum atomic E-state index is -0.667. The van der Waals surface area contributed by atoms with Gasteiger partial charge in [-0.25, -0.2) is 0 Å². The number of piperidine rings is 1. The van der Waals surface area contributed by atoms with E-state index < -0.39 is 5.97 Å². The number of carboxylic acid groups (broad SMARTS) is 1. The van der Waals surface area contributed by atoms with Gasteiger partial charge in [-0.1, -0.05) is 12.1 Å². The van der Waals surface area contributed by atoms with E-state index in [0.29, 0.717) is 18.4 Å². The van der Waals surface area contributed by atoms with Crippen LogP contribution in [0.25, 0.3) is 0 Å². The van der Waals surface area contributed by atoms with Gasteiger partial charge in [0.15, 0.2) is 0 Å². The van der Waals surface area contributed by atoms with E-state index in [1.165, 1.54) is 9.13 Å². The largest absolute Gasteiger partial charge is 0.481 e. The molecule has 1 saturated heterocycles. The first-order valence-electron chi connectivity index (χ1n) is 7.27. The van der Waals surface area contributed by atoms with Crippen LogP contribution in [0.15, 0.2) is 24.3 Å². The maximum Gasteiger partial charge on any atom is 0.303 e. The van der Waals surface area contributed by atoms with Crippen LogP contribution in [-0.2, 0) is 4.79 Å². The highest BCUT2D eigenvalue weighted by Crippen LogP contribution is 2.28. The number of hydrogen-bond acceptors (Lipinski definition) is 2. The molecule has 2 rings (SSSR count). The summed E-state index contributed by atoms with van der Waals surface area (Å²) >= 11 is 2.33. The van der Waals surface area contributed by atoms with Crippen LogP contribution in [0, 0.1) is 9.49 Å². The van der Waals surface area contributed by atoms with Crippen molar-refractivity contribution in [1.29, 1.82) is 0 Å². The van der Waals surface area contributed by atoms with Gasteiger partial charge in [-0.3, -0.25) is 9.69 Å². The van der Waals surface area contributed by atoms with E-state index in [-0.39, 0.29) is 0 Å². The Labute approximate surface area is 134 Å². The van der Waals surface area contributed by atoms with Gasteiger partial charge in [-0.05, 0) is 85.5 Å². The highest BCUT2D eigenvalue weighted by atomic mass is 127. The molecule has 1 fully saturated rings.